The van der Waals surface area contributed by atoms with Crippen LogP contribution >= 0.6 is 0 Å². The minimum Gasteiger partial charge on any atom is -0.465 e. The fourth-order valence-corrected chi connectivity index (χ4v) is 4.10. The largest absolute Gasteiger partial charge is 0.465 e. The molecule has 0 radical (unpaired) electrons. The first-order valence-corrected chi connectivity index (χ1v) is 8.45. The molecule has 2 aromatic rings. The molecule has 0 amide bonds. The monoisotopic (exact) mass is 314 g/mol. The van der Waals surface area contributed by atoms with Gasteiger partial charge in [-0.3, -0.25) is 0 Å². The van der Waals surface area contributed by atoms with Crippen molar-refractivity contribution in [3.63, 3.8) is 0 Å². The van der Waals surface area contributed by atoms with E-state index in [0.29, 0.717) is 23.6 Å². The number of nitrogens with zero attached hydrogens (tertiary/aromatic N) is 1. The Morgan fingerprint density at radius 1 is 1.39 bits per heavy atom. The van der Waals surface area contributed by atoms with E-state index in [1.165, 1.54) is 20.0 Å². The van der Waals surface area contributed by atoms with E-state index in [4.69, 9.17) is 4.74 Å². The number of fused-ring (bicyclic) bond motifs is 1. The lowest BCUT2D eigenvalue weighted by atomic mass is 9.87. The average Bonchev–Trinajstić information content (AvgIpc) is 2.85. The first-order chi connectivity index (χ1) is 11.0. The zero-order valence-electron chi connectivity index (χ0n) is 14.4. The second-order valence-corrected chi connectivity index (χ2v) is 6.72. The van der Waals surface area contributed by atoms with Crippen molar-refractivity contribution in [2.45, 2.75) is 45.7 Å². The number of ether oxygens (including phenoxy) is 1. The van der Waals surface area contributed by atoms with Gasteiger partial charge < -0.3 is 14.6 Å². The quantitative estimate of drug-likeness (QED) is 0.879. The third-order valence-electron chi connectivity index (χ3n) is 5.30. The Labute approximate surface area is 137 Å². The second-order valence-electron chi connectivity index (χ2n) is 6.72. The highest BCUT2D eigenvalue weighted by Crippen LogP contribution is 2.35. The van der Waals surface area contributed by atoms with Crippen LogP contribution in [0.3, 0.4) is 0 Å². The lowest BCUT2D eigenvalue weighted by molar-refractivity contribution is 0.0601. The lowest BCUT2D eigenvalue weighted by Gasteiger charge is -2.34. The summed E-state index contributed by atoms with van der Waals surface area (Å²) in [5, 5.41) is 4.51. The number of nitrogens with one attached hydrogen (secondary N) is 1. The minimum absolute atomic E-state index is 0.247. The summed E-state index contributed by atoms with van der Waals surface area (Å²) in [6.45, 7) is 7.63. The maximum Gasteiger partial charge on any atom is 0.340 e. The van der Waals surface area contributed by atoms with Crippen molar-refractivity contribution in [2.24, 2.45) is 5.92 Å². The van der Waals surface area contributed by atoms with Gasteiger partial charge in [0, 0.05) is 28.7 Å². The van der Waals surface area contributed by atoms with Crippen LogP contribution in [0.1, 0.15) is 48.8 Å². The lowest BCUT2D eigenvalue weighted by Crippen LogP contribution is -2.38. The Bertz CT molecular complexity index is 719. The van der Waals surface area contributed by atoms with Gasteiger partial charge >= 0.3 is 5.97 Å². The van der Waals surface area contributed by atoms with Crippen LogP contribution in [0.4, 0.5) is 0 Å². The van der Waals surface area contributed by atoms with Crippen molar-refractivity contribution >= 4 is 16.9 Å². The maximum absolute atomic E-state index is 12.3. The minimum atomic E-state index is -0.247. The van der Waals surface area contributed by atoms with Crippen LogP contribution in [0.15, 0.2) is 24.3 Å². The van der Waals surface area contributed by atoms with E-state index >= 15 is 0 Å². The van der Waals surface area contributed by atoms with Gasteiger partial charge in [-0.25, -0.2) is 4.79 Å². The summed E-state index contributed by atoms with van der Waals surface area (Å²) >= 11 is 0. The average molecular weight is 314 g/mol. The number of para-hydroxylation sites is 1. The van der Waals surface area contributed by atoms with Gasteiger partial charge in [0.15, 0.2) is 0 Å². The molecule has 23 heavy (non-hydrogen) atoms. The second kappa shape index (κ2) is 6.36. The summed E-state index contributed by atoms with van der Waals surface area (Å²) in [7, 11) is 1.45. The standard InChI is InChI=1S/C19H26N2O2/c1-12-11-15(9-10-20-12)13(2)21-14(3)18(19(22)23-4)16-7-5-6-8-17(16)21/h5-8,12-13,15,20H,9-11H2,1-4H3. The Kier molecular flexibility index (Phi) is 4.44. The van der Waals surface area contributed by atoms with Crippen molar-refractivity contribution in [3.05, 3.63) is 35.5 Å². The van der Waals surface area contributed by atoms with Gasteiger partial charge in [-0.1, -0.05) is 18.2 Å². The van der Waals surface area contributed by atoms with Gasteiger partial charge in [-0.2, -0.15) is 0 Å². The normalized spacial score (nSPS) is 23.0. The molecule has 1 aromatic carbocycles. The SMILES string of the molecule is COC(=O)c1c(C)n(C(C)C2CCNC(C)C2)c2ccccc12. The summed E-state index contributed by atoms with van der Waals surface area (Å²) in [6.07, 6.45) is 2.34. The zero-order valence-corrected chi connectivity index (χ0v) is 14.4. The highest BCUT2D eigenvalue weighted by atomic mass is 16.5. The molecular formula is C19H26N2O2. The van der Waals surface area contributed by atoms with Gasteiger partial charge in [0.1, 0.15) is 0 Å². The molecule has 124 valence electrons. The van der Waals surface area contributed by atoms with Gasteiger partial charge in [-0.15, -0.1) is 0 Å². The van der Waals surface area contributed by atoms with Crippen LogP contribution in [0.5, 0.6) is 0 Å². The molecule has 1 N–H and O–H groups in total. The number of hydrogen-bond acceptors (Lipinski definition) is 3. The molecule has 0 aliphatic carbocycles. The maximum atomic E-state index is 12.3. The number of aromatic nitrogens is 1. The smallest absolute Gasteiger partial charge is 0.340 e. The van der Waals surface area contributed by atoms with Crippen LogP contribution in [-0.4, -0.2) is 30.2 Å². The predicted molar refractivity (Wildman–Crippen MR) is 92.9 cm³/mol. The molecule has 0 saturated carbocycles. The molecule has 1 aromatic heterocycles. The van der Waals surface area contributed by atoms with E-state index < -0.39 is 0 Å². The fourth-order valence-electron chi connectivity index (χ4n) is 4.10. The molecule has 1 saturated heterocycles. The molecule has 4 nitrogen and oxygen atoms in total. The van der Waals surface area contributed by atoms with Crippen LogP contribution in [0.2, 0.25) is 0 Å². The number of methoxy groups -OCH3 is 1. The highest BCUT2D eigenvalue weighted by molar-refractivity contribution is 6.05. The molecule has 1 aliphatic heterocycles. The van der Waals surface area contributed by atoms with E-state index in [9.17, 15) is 4.79 Å². The van der Waals surface area contributed by atoms with Crippen LogP contribution < -0.4 is 5.32 Å². The Hall–Kier alpha value is -1.81. The number of carbonyl (C=O) groups excluding carboxylic acids is 1. The first-order valence-electron chi connectivity index (χ1n) is 8.45. The van der Waals surface area contributed by atoms with Crippen molar-refractivity contribution < 1.29 is 9.53 Å². The van der Waals surface area contributed by atoms with E-state index in [1.54, 1.807) is 0 Å². The van der Waals surface area contributed by atoms with Crippen molar-refractivity contribution in [1.29, 1.82) is 0 Å². The number of benzene rings is 1. The van der Waals surface area contributed by atoms with Gasteiger partial charge in [0.05, 0.1) is 12.7 Å². The molecule has 0 bridgehead atoms. The summed E-state index contributed by atoms with van der Waals surface area (Å²) in [5.74, 6) is 0.370. The van der Waals surface area contributed by atoms with Crippen molar-refractivity contribution in [3.8, 4) is 0 Å². The molecule has 0 spiro atoms. The van der Waals surface area contributed by atoms with Gasteiger partial charge in [0.2, 0.25) is 0 Å². The van der Waals surface area contributed by atoms with E-state index in [2.05, 4.69) is 29.8 Å². The van der Waals surface area contributed by atoms with E-state index in [1.807, 2.05) is 25.1 Å². The Balaban J connectivity index is 2.10. The number of esters is 1. The van der Waals surface area contributed by atoms with E-state index in [0.717, 1.165) is 23.1 Å². The molecule has 4 heteroatoms. The number of piperidine rings is 1. The highest BCUT2D eigenvalue weighted by Gasteiger charge is 2.29. The molecule has 3 rings (SSSR count). The molecule has 2 heterocycles. The van der Waals surface area contributed by atoms with Crippen molar-refractivity contribution in [1.82, 2.24) is 9.88 Å². The predicted octanol–water partition coefficient (Wildman–Crippen LogP) is 3.69. The van der Waals surface area contributed by atoms with Gasteiger partial charge in [0.25, 0.3) is 0 Å². The summed E-state index contributed by atoms with van der Waals surface area (Å²) in [6, 6.07) is 9.06. The summed E-state index contributed by atoms with van der Waals surface area (Å²) in [5.41, 5.74) is 2.85. The first kappa shape index (κ1) is 16.1. The third kappa shape index (κ3) is 2.76. The molecule has 3 unspecified atom stereocenters. The number of carbonyl (C=O) groups is 1. The topological polar surface area (TPSA) is 43.3 Å². The number of rotatable bonds is 3. The Morgan fingerprint density at radius 3 is 2.83 bits per heavy atom. The molecule has 1 aliphatic rings. The molecule has 3 atom stereocenters. The van der Waals surface area contributed by atoms with Crippen LogP contribution in [-0.2, 0) is 4.74 Å². The summed E-state index contributed by atoms with van der Waals surface area (Å²) < 4.78 is 7.36. The number of hydrogen-bond donors (Lipinski definition) is 1. The van der Waals surface area contributed by atoms with Crippen molar-refractivity contribution in [2.75, 3.05) is 13.7 Å². The zero-order chi connectivity index (χ0) is 16.6. The van der Waals surface area contributed by atoms with Crippen LogP contribution in [0.25, 0.3) is 10.9 Å². The Morgan fingerprint density at radius 2 is 2.13 bits per heavy atom. The molecule has 1 fully saturated rings. The fraction of sp³-hybridized carbons (Fsp3) is 0.526. The summed E-state index contributed by atoms with van der Waals surface area (Å²) in [4.78, 5) is 12.3. The van der Waals surface area contributed by atoms with Crippen LogP contribution in [0, 0.1) is 12.8 Å². The van der Waals surface area contributed by atoms with E-state index in [-0.39, 0.29) is 5.97 Å². The third-order valence-corrected chi connectivity index (χ3v) is 5.30. The van der Waals surface area contributed by atoms with Gasteiger partial charge in [-0.05, 0) is 52.1 Å². The molecular weight excluding hydrogens is 288 g/mol.